The maximum atomic E-state index is 11.0. The largest absolute Gasteiger partial charge is 0.493 e. The van der Waals surface area contributed by atoms with Crippen molar-refractivity contribution in [3.05, 3.63) is 42.5 Å². The van der Waals surface area contributed by atoms with Gasteiger partial charge >= 0.3 is 5.97 Å². The zero-order chi connectivity index (χ0) is 14.6. The highest BCUT2D eigenvalue weighted by atomic mass is 16.5. The van der Waals surface area contributed by atoms with Gasteiger partial charge in [0.15, 0.2) is 0 Å². The highest BCUT2D eigenvalue weighted by Crippen LogP contribution is 2.26. The molecule has 2 aromatic carbocycles. The quantitative estimate of drug-likeness (QED) is 0.805. The maximum absolute atomic E-state index is 11.0. The first-order chi connectivity index (χ1) is 9.50. The SMILES string of the molecule is CC(C)(CCCOc1cccc2ccccc12)C(=O)O. The molecule has 0 bridgehead atoms. The van der Waals surface area contributed by atoms with Crippen LogP contribution in [0, 0.1) is 5.41 Å². The summed E-state index contributed by atoms with van der Waals surface area (Å²) in [5.41, 5.74) is -0.692. The summed E-state index contributed by atoms with van der Waals surface area (Å²) < 4.78 is 5.80. The Balaban J connectivity index is 1.95. The van der Waals surface area contributed by atoms with Crippen LogP contribution in [0.5, 0.6) is 5.75 Å². The summed E-state index contributed by atoms with van der Waals surface area (Å²) in [6.07, 6.45) is 1.33. The highest BCUT2D eigenvalue weighted by molar-refractivity contribution is 5.88. The molecule has 0 saturated heterocycles. The first kappa shape index (κ1) is 14.4. The molecule has 1 N–H and O–H groups in total. The number of aliphatic carboxylic acids is 1. The number of carbonyl (C=O) groups is 1. The average molecular weight is 272 g/mol. The number of benzene rings is 2. The van der Waals surface area contributed by atoms with E-state index in [-0.39, 0.29) is 0 Å². The van der Waals surface area contributed by atoms with E-state index >= 15 is 0 Å². The number of hydrogen-bond donors (Lipinski definition) is 1. The van der Waals surface area contributed by atoms with Crippen molar-refractivity contribution >= 4 is 16.7 Å². The number of rotatable bonds is 6. The standard InChI is InChI=1S/C17H20O3/c1-17(2,16(18)19)11-6-12-20-15-10-5-8-13-7-3-4-9-14(13)15/h3-5,7-10H,6,11-12H2,1-2H3,(H,18,19). The first-order valence-corrected chi connectivity index (χ1v) is 6.85. The number of hydrogen-bond acceptors (Lipinski definition) is 2. The first-order valence-electron chi connectivity index (χ1n) is 6.85. The van der Waals surface area contributed by atoms with Crippen molar-refractivity contribution in [3.63, 3.8) is 0 Å². The van der Waals surface area contributed by atoms with Crippen molar-refractivity contribution in [2.24, 2.45) is 5.41 Å². The van der Waals surface area contributed by atoms with Crippen LogP contribution in [0.4, 0.5) is 0 Å². The normalized spacial score (nSPS) is 11.5. The van der Waals surface area contributed by atoms with E-state index in [1.54, 1.807) is 13.8 Å². The van der Waals surface area contributed by atoms with Gasteiger partial charge in [-0.2, -0.15) is 0 Å². The van der Waals surface area contributed by atoms with Gasteiger partial charge in [0.2, 0.25) is 0 Å². The molecule has 0 radical (unpaired) electrons. The molecule has 0 amide bonds. The third-order valence-corrected chi connectivity index (χ3v) is 3.53. The molecule has 0 saturated carbocycles. The average Bonchev–Trinajstić information content (AvgIpc) is 2.43. The topological polar surface area (TPSA) is 46.5 Å². The maximum Gasteiger partial charge on any atom is 0.309 e. The highest BCUT2D eigenvalue weighted by Gasteiger charge is 2.26. The van der Waals surface area contributed by atoms with E-state index in [1.165, 1.54) is 0 Å². The predicted octanol–water partition coefficient (Wildman–Crippen LogP) is 4.11. The number of carboxylic acid groups (broad SMARTS) is 1. The molecule has 0 aliphatic carbocycles. The van der Waals surface area contributed by atoms with Gasteiger partial charge in [0.25, 0.3) is 0 Å². The Labute approximate surface area is 119 Å². The van der Waals surface area contributed by atoms with Gasteiger partial charge in [-0.05, 0) is 38.1 Å². The molecule has 0 aliphatic heterocycles. The summed E-state index contributed by atoms with van der Waals surface area (Å²) in [7, 11) is 0. The molecule has 0 spiro atoms. The van der Waals surface area contributed by atoms with Crippen molar-refractivity contribution in [2.45, 2.75) is 26.7 Å². The summed E-state index contributed by atoms with van der Waals surface area (Å²) >= 11 is 0. The van der Waals surface area contributed by atoms with E-state index in [0.29, 0.717) is 13.0 Å². The number of ether oxygens (including phenoxy) is 1. The lowest BCUT2D eigenvalue weighted by molar-refractivity contribution is -0.147. The van der Waals surface area contributed by atoms with E-state index in [4.69, 9.17) is 9.84 Å². The smallest absolute Gasteiger partial charge is 0.309 e. The fourth-order valence-electron chi connectivity index (χ4n) is 2.12. The van der Waals surface area contributed by atoms with E-state index in [9.17, 15) is 4.79 Å². The van der Waals surface area contributed by atoms with E-state index in [0.717, 1.165) is 22.9 Å². The van der Waals surface area contributed by atoms with E-state index in [2.05, 4.69) is 12.1 Å². The molecule has 3 nitrogen and oxygen atoms in total. The Hall–Kier alpha value is -2.03. The summed E-state index contributed by atoms with van der Waals surface area (Å²) in [6.45, 7) is 4.02. The van der Waals surface area contributed by atoms with Crippen LogP contribution in [0.1, 0.15) is 26.7 Å². The molecule has 3 heteroatoms. The second kappa shape index (κ2) is 5.95. The van der Waals surface area contributed by atoms with Crippen LogP contribution in [0.15, 0.2) is 42.5 Å². The van der Waals surface area contributed by atoms with Crippen LogP contribution < -0.4 is 4.74 Å². The lowest BCUT2D eigenvalue weighted by atomic mass is 9.88. The summed E-state index contributed by atoms with van der Waals surface area (Å²) in [6, 6.07) is 14.0. The fraction of sp³-hybridized carbons (Fsp3) is 0.353. The Morgan fingerprint density at radius 2 is 1.85 bits per heavy atom. The third-order valence-electron chi connectivity index (χ3n) is 3.53. The molecule has 0 fully saturated rings. The van der Waals surface area contributed by atoms with Gasteiger partial charge in [-0.1, -0.05) is 36.4 Å². The molecule has 0 unspecified atom stereocenters. The summed E-state index contributed by atoms with van der Waals surface area (Å²) in [5.74, 6) is 0.0962. The lowest BCUT2D eigenvalue weighted by Crippen LogP contribution is -2.24. The van der Waals surface area contributed by atoms with Crippen LogP contribution in [-0.4, -0.2) is 17.7 Å². The molecule has 20 heavy (non-hydrogen) atoms. The van der Waals surface area contributed by atoms with Crippen LogP contribution in [-0.2, 0) is 4.79 Å². The van der Waals surface area contributed by atoms with Gasteiger partial charge in [-0.15, -0.1) is 0 Å². The van der Waals surface area contributed by atoms with Gasteiger partial charge in [-0.3, -0.25) is 4.79 Å². The molecule has 0 atom stereocenters. The van der Waals surface area contributed by atoms with Gasteiger partial charge in [0.05, 0.1) is 12.0 Å². The van der Waals surface area contributed by atoms with E-state index in [1.807, 2.05) is 30.3 Å². The van der Waals surface area contributed by atoms with E-state index < -0.39 is 11.4 Å². The minimum absolute atomic E-state index is 0.532. The molecule has 0 heterocycles. The number of carboxylic acids is 1. The molecule has 0 aliphatic rings. The molecular formula is C17H20O3. The summed E-state index contributed by atoms with van der Waals surface area (Å²) in [5, 5.41) is 11.3. The Morgan fingerprint density at radius 3 is 2.60 bits per heavy atom. The molecule has 106 valence electrons. The Kier molecular flexibility index (Phi) is 4.28. The van der Waals surface area contributed by atoms with Crippen molar-refractivity contribution in [1.82, 2.24) is 0 Å². The van der Waals surface area contributed by atoms with Gasteiger partial charge in [0.1, 0.15) is 5.75 Å². The van der Waals surface area contributed by atoms with Crippen molar-refractivity contribution in [3.8, 4) is 5.75 Å². The van der Waals surface area contributed by atoms with Crippen LogP contribution in [0.3, 0.4) is 0 Å². The Bertz CT molecular complexity index is 597. The molecule has 2 rings (SSSR count). The second-order valence-electron chi connectivity index (χ2n) is 5.62. The van der Waals surface area contributed by atoms with Crippen molar-refractivity contribution in [1.29, 1.82) is 0 Å². The lowest BCUT2D eigenvalue weighted by Gasteiger charge is -2.18. The second-order valence-corrected chi connectivity index (χ2v) is 5.62. The van der Waals surface area contributed by atoms with Crippen LogP contribution >= 0.6 is 0 Å². The zero-order valence-corrected chi connectivity index (χ0v) is 11.9. The monoisotopic (exact) mass is 272 g/mol. The van der Waals surface area contributed by atoms with Gasteiger partial charge < -0.3 is 9.84 Å². The fourth-order valence-corrected chi connectivity index (χ4v) is 2.12. The summed E-state index contributed by atoms with van der Waals surface area (Å²) in [4.78, 5) is 11.0. The van der Waals surface area contributed by atoms with Crippen molar-refractivity contribution in [2.75, 3.05) is 6.61 Å². The minimum Gasteiger partial charge on any atom is -0.493 e. The molecule has 0 aromatic heterocycles. The zero-order valence-electron chi connectivity index (χ0n) is 11.9. The van der Waals surface area contributed by atoms with Crippen LogP contribution in [0.25, 0.3) is 10.8 Å². The van der Waals surface area contributed by atoms with Crippen molar-refractivity contribution < 1.29 is 14.6 Å². The minimum atomic E-state index is -0.761. The number of fused-ring (bicyclic) bond motifs is 1. The Morgan fingerprint density at radius 1 is 1.15 bits per heavy atom. The predicted molar refractivity (Wildman–Crippen MR) is 80.1 cm³/mol. The molecule has 2 aromatic rings. The van der Waals surface area contributed by atoms with Crippen LogP contribution in [0.2, 0.25) is 0 Å². The van der Waals surface area contributed by atoms with Gasteiger partial charge in [0, 0.05) is 5.39 Å². The molecular weight excluding hydrogens is 252 g/mol. The van der Waals surface area contributed by atoms with Gasteiger partial charge in [-0.25, -0.2) is 0 Å². The third kappa shape index (κ3) is 3.29.